The van der Waals surface area contributed by atoms with Gasteiger partial charge in [0, 0.05) is 24.2 Å². The summed E-state index contributed by atoms with van der Waals surface area (Å²) in [6.45, 7) is 6.88. The Morgan fingerprint density at radius 3 is 2.52 bits per heavy atom. The minimum absolute atomic E-state index is 0.0799. The van der Waals surface area contributed by atoms with Crippen LogP contribution in [0.5, 0.6) is 0 Å². The lowest BCUT2D eigenvalue weighted by Crippen LogP contribution is -2.30. The standard InChI is InChI=1S/C18H24FN3O/c1-12(2)10-22-18(23)15(11-21(4)5)9-17(20-22)14-7-6-13(3)16(19)8-14/h6-9,12H,10-11H2,1-5H3. The third-order valence-corrected chi connectivity index (χ3v) is 3.54. The summed E-state index contributed by atoms with van der Waals surface area (Å²) in [7, 11) is 3.83. The molecule has 1 aromatic carbocycles. The lowest BCUT2D eigenvalue weighted by Gasteiger charge is -2.15. The summed E-state index contributed by atoms with van der Waals surface area (Å²) in [4.78, 5) is 14.5. The highest BCUT2D eigenvalue weighted by molar-refractivity contribution is 5.59. The average Bonchev–Trinajstić information content (AvgIpc) is 2.45. The van der Waals surface area contributed by atoms with Crippen molar-refractivity contribution in [1.29, 1.82) is 0 Å². The van der Waals surface area contributed by atoms with Gasteiger partial charge in [-0.25, -0.2) is 9.07 Å². The number of aryl methyl sites for hydroxylation is 1. The first-order valence-electron chi connectivity index (χ1n) is 7.80. The molecule has 2 aromatic rings. The summed E-state index contributed by atoms with van der Waals surface area (Å²) in [5, 5.41) is 4.44. The van der Waals surface area contributed by atoms with Crippen molar-refractivity contribution in [2.24, 2.45) is 5.92 Å². The van der Waals surface area contributed by atoms with Gasteiger partial charge < -0.3 is 4.90 Å². The summed E-state index contributed by atoms with van der Waals surface area (Å²) >= 11 is 0. The molecule has 23 heavy (non-hydrogen) atoms. The fourth-order valence-electron chi connectivity index (χ4n) is 2.41. The maximum atomic E-state index is 13.9. The van der Waals surface area contributed by atoms with E-state index in [1.165, 1.54) is 10.7 Å². The van der Waals surface area contributed by atoms with Crippen LogP contribution in [0.3, 0.4) is 0 Å². The molecule has 2 rings (SSSR count). The second kappa shape index (κ2) is 7.04. The van der Waals surface area contributed by atoms with Gasteiger partial charge in [0.05, 0.1) is 5.69 Å². The number of rotatable bonds is 5. The Labute approximate surface area is 136 Å². The molecule has 0 saturated carbocycles. The van der Waals surface area contributed by atoms with Gasteiger partial charge in [0.15, 0.2) is 0 Å². The zero-order valence-electron chi connectivity index (χ0n) is 14.4. The number of halogens is 1. The lowest BCUT2D eigenvalue weighted by molar-refractivity contribution is 0.392. The quantitative estimate of drug-likeness (QED) is 0.850. The fourth-order valence-corrected chi connectivity index (χ4v) is 2.41. The van der Waals surface area contributed by atoms with Crippen LogP contribution in [0.1, 0.15) is 25.0 Å². The molecule has 0 aliphatic rings. The monoisotopic (exact) mass is 317 g/mol. The first-order chi connectivity index (χ1) is 10.8. The molecule has 0 aliphatic carbocycles. The predicted octanol–water partition coefficient (Wildman–Crippen LogP) is 3.08. The molecule has 0 saturated heterocycles. The van der Waals surface area contributed by atoms with Gasteiger partial charge in [-0.15, -0.1) is 0 Å². The normalized spacial score (nSPS) is 11.5. The molecule has 5 heteroatoms. The number of hydrogen-bond acceptors (Lipinski definition) is 3. The average molecular weight is 317 g/mol. The number of benzene rings is 1. The van der Waals surface area contributed by atoms with E-state index in [0.29, 0.717) is 41.4 Å². The van der Waals surface area contributed by atoms with Crippen molar-refractivity contribution in [1.82, 2.24) is 14.7 Å². The van der Waals surface area contributed by atoms with Crippen molar-refractivity contribution in [3.63, 3.8) is 0 Å². The topological polar surface area (TPSA) is 38.1 Å². The Kier molecular flexibility index (Phi) is 5.31. The molecule has 4 nitrogen and oxygen atoms in total. The van der Waals surface area contributed by atoms with Gasteiger partial charge in [0.2, 0.25) is 0 Å². The first kappa shape index (κ1) is 17.3. The van der Waals surface area contributed by atoms with Crippen LogP contribution in [0.15, 0.2) is 29.1 Å². The molecule has 0 aliphatic heterocycles. The molecular weight excluding hydrogens is 293 g/mol. The molecule has 0 spiro atoms. The SMILES string of the molecule is Cc1ccc(-c2cc(CN(C)C)c(=O)n(CC(C)C)n2)cc1F. The predicted molar refractivity (Wildman–Crippen MR) is 90.9 cm³/mol. The van der Waals surface area contributed by atoms with Crippen molar-refractivity contribution < 1.29 is 4.39 Å². The molecule has 0 N–H and O–H groups in total. The molecular formula is C18H24FN3O. The molecule has 0 amide bonds. The molecule has 0 unspecified atom stereocenters. The fraction of sp³-hybridized carbons (Fsp3) is 0.444. The van der Waals surface area contributed by atoms with Gasteiger partial charge >= 0.3 is 0 Å². The highest BCUT2D eigenvalue weighted by Gasteiger charge is 2.12. The minimum atomic E-state index is -0.264. The van der Waals surface area contributed by atoms with Crippen LogP contribution in [0.25, 0.3) is 11.3 Å². The first-order valence-corrected chi connectivity index (χ1v) is 7.80. The molecule has 0 fully saturated rings. The second-order valence-electron chi connectivity index (χ2n) is 6.64. The van der Waals surface area contributed by atoms with Crippen molar-refractivity contribution in [2.45, 2.75) is 33.9 Å². The van der Waals surface area contributed by atoms with Crippen LogP contribution in [0.2, 0.25) is 0 Å². The van der Waals surface area contributed by atoms with Crippen LogP contribution in [-0.2, 0) is 13.1 Å². The molecule has 0 radical (unpaired) electrons. The summed E-state index contributed by atoms with van der Waals surface area (Å²) in [5.74, 6) is 0.0393. The molecule has 0 bridgehead atoms. The highest BCUT2D eigenvalue weighted by Crippen LogP contribution is 2.20. The van der Waals surface area contributed by atoms with Crippen molar-refractivity contribution in [2.75, 3.05) is 14.1 Å². The van der Waals surface area contributed by atoms with Crippen LogP contribution >= 0.6 is 0 Å². The van der Waals surface area contributed by atoms with Gasteiger partial charge in [-0.05, 0) is 44.6 Å². The summed E-state index contributed by atoms with van der Waals surface area (Å²) in [5.41, 5.74) is 2.50. The zero-order chi connectivity index (χ0) is 17.1. The van der Waals surface area contributed by atoms with Crippen molar-refractivity contribution in [3.8, 4) is 11.3 Å². The van der Waals surface area contributed by atoms with Crippen LogP contribution in [-0.4, -0.2) is 28.8 Å². The molecule has 124 valence electrons. The third-order valence-electron chi connectivity index (χ3n) is 3.54. The molecule has 1 aromatic heterocycles. The Morgan fingerprint density at radius 1 is 1.26 bits per heavy atom. The molecule has 1 heterocycles. The maximum absolute atomic E-state index is 13.9. The van der Waals surface area contributed by atoms with E-state index < -0.39 is 0 Å². The third kappa shape index (κ3) is 4.26. The Hall–Kier alpha value is -2.01. The van der Waals surface area contributed by atoms with Gasteiger partial charge in [-0.2, -0.15) is 5.10 Å². The smallest absolute Gasteiger partial charge is 0.271 e. The van der Waals surface area contributed by atoms with Crippen LogP contribution < -0.4 is 5.56 Å². The van der Waals surface area contributed by atoms with Gasteiger partial charge in [-0.1, -0.05) is 26.0 Å². The second-order valence-corrected chi connectivity index (χ2v) is 6.64. The van der Waals surface area contributed by atoms with E-state index in [1.807, 2.05) is 38.9 Å². The zero-order valence-corrected chi connectivity index (χ0v) is 14.4. The van der Waals surface area contributed by atoms with E-state index >= 15 is 0 Å². The van der Waals surface area contributed by atoms with Crippen LogP contribution in [0.4, 0.5) is 4.39 Å². The highest BCUT2D eigenvalue weighted by atomic mass is 19.1. The van der Waals surface area contributed by atoms with E-state index in [1.54, 1.807) is 19.1 Å². The summed E-state index contributed by atoms with van der Waals surface area (Å²) in [6, 6.07) is 6.81. The van der Waals surface area contributed by atoms with Gasteiger partial charge in [0.1, 0.15) is 5.82 Å². The van der Waals surface area contributed by atoms with Crippen LogP contribution in [0, 0.1) is 18.7 Å². The van der Waals surface area contributed by atoms with E-state index in [2.05, 4.69) is 5.10 Å². The van der Waals surface area contributed by atoms with E-state index in [0.717, 1.165) is 0 Å². The van der Waals surface area contributed by atoms with Crippen molar-refractivity contribution in [3.05, 3.63) is 51.6 Å². The minimum Gasteiger partial charge on any atom is -0.305 e. The van der Waals surface area contributed by atoms with Gasteiger partial charge in [-0.3, -0.25) is 4.79 Å². The van der Waals surface area contributed by atoms with E-state index in [-0.39, 0.29) is 11.4 Å². The number of aromatic nitrogens is 2. The van der Waals surface area contributed by atoms with E-state index in [9.17, 15) is 9.18 Å². The largest absolute Gasteiger partial charge is 0.305 e. The molecule has 0 atom stereocenters. The van der Waals surface area contributed by atoms with E-state index in [4.69, 9.17) is 0 Å². The van der Waals surface area contributed by atoms with Gasteiger partial charge in [0.25, 0.3) is 5.56 Å². The Morgan fingerprint density at radius 2 is 1.96 bits per heavy atom. The summed E-state index contributed by atoms with van der Waals surface area (Å²) in [6.07, 6.45) is 0. The Bertz CT molecular complexity index is 716. The summed E-state index contributed by atoms with van der Waals surface area (Å²) < 4.78 is 15.4. The lowest BCUT2D eigenvalue weighted by atomic mass is 10.1. The number of nitrogens with zero attached hydrogens (tertiary/aromatic N) is 3. The number of hydrogen-bond donors (Lipinski definition) is 0. The van der Waals surface area contributed by atoms with Crippen molar-refractivity contribution >= 4 is 0 Å². The maximum Gasteiger partial charge on any atom is 0.271 e. The Balaban J connectivity index is 2.57.